The van der Waals surface area contributed by atoms with E-state index < -0.39 is 0 Å². The third-order valence-corrected chi connectivity index (χ3v) is 2.60. The molecular formula is C9H16N2O. The van der Waals surface area contributed by atoms with Crippen LogP contribution in [0.3, 0.4) is 0 Å². The lowest BCUT2D eigenvalue weighted by Crippen LogP contribution is -2.56. The second kappa shape index (κ2) is 3.90. The Kier molecular flexibility index (Phi) is 3.10. The Labute approximate surface area is 73.7 Å². The summed E-state index contributed by atoms with van der Waals surface area (Å²) in [5, 5.41) is 3.26. The molecule has 1 heterocycles. The van der Waals surface area contributed by atoms with E-state index in [0.717, 1.165) is 13.0 Å². The van der Waals surface area contributed by atoms with Crippen molar-refractivity contribution in [2.45, 2.75) is 25.0 Å². The first-order valence-corrected chi connectivity index (χ1v) is 4.25. The Morgan fingerprint density at radius 2 is 2.58 bits per heavy atom. The highest BCUT2D eigenvalue weighted by molar-refractivity contribution is 5.01. The molecule has 0 aliphatic carbocycles. The zero-order chi connectivity index (χ0) is 9.03. The van der Waals surface area contributed by atoms with Gasteiger partial charge in [0.15, 0.2) is 0 Å². The normalized spacial score (nSPS) is 34.9. The average molecular weight is 168 g/mol. The minimum Gasteiger partial charge on any atom is -0.376 e. The highest BCUT2D eigenvalue weighted by Crippen LogP contribution is 2.24. The number of nitrogens with two attached hydrogens (primary N) is 1. The second-order valence-corrected chi connectivity index (χ2v) is 3.18. The van der Waals surface area contributed by atoms with E-state index >= 15 is 0 Å². The van der Waals surface area contributed by atoms with Crippen LogP contribution in [0.15, 0.2) is 0 Å². The largest absolute Gasteiger partial charge is 0.376 e. The van der Waals surface area contributed by atoms with E-state index in [9.17, 15) is 0 Å². The Morgan fingerprint density at radius 3 is 3.00 bits per heavy atom. The van der Waals surface area contributed by atoms with Gasteiger partial charge in [0, 0.05) is 13.2 Å². The van der Waals surface area contributed by atoms with Gasteiger partial charge in [0.1, 0.15) is 0 Å². The quantitative estimate of drug-likeness (QED) is 0.570. The van der Waals surface area contributed by atoms with Gasteiger partial charge < -0.3 is 10.5 Å². The molecule has 1 saturated heterocycles. The predicted molar refractivity (Wildman–Crippen MR) is 48.7 cm³/mol. The fourth-order valence-electron chi connectivity index (χ4n) is 1.58. The van der Waals surface area contributed by atoms with Gasteiger partial charge in [0.05, 0.1) is 18.2 Å². The number of hydrogen-bond acceptors (Lipinski definition) is 3. The molecule has 0 saturated carbocycles. The van der Waals surface area contributed by atoms with Crippen molar-refractivity contribution < 1.29 is 4.74 Å². The van der Waals surface area contributed by atoms with Crippen LogP contribution in [0.1, 0.15) is 13.3 Å². The maximum atomic E-state index is 5.69. The van der Waals surface area contributed by atoms with Gasteiger partial charge in [-0.3, -0.25) is 5.32 Å². The Bertz CT molecular complexity index is 187. The van der Waals surface area contributed by atoms with Crippen molar-refractivity contribution in [2.75, 3.05) is 19.7 Å². The lowest BCUT2D eigenvalue weighted by atomic mass is 9.92. The van der Waals surface area contributed by atoms with Crippen LogP contribution in [-0.2, 0) is 4.74 Å². The van der Waals surface area contributed by atoms with E-state index in [1.165, 1.54) is 0 Å². The van der Waals surface area contributed by atoms with Crippen LogP contribution in [0.4, 0.5) is 0 Å². The van der Waals surface area contributed by atoms with Crippen LogP contribution in [0.2, 0.25) is 0 Å². The van der Waals surface area contributed by atoms with Crippen molar-refractivity contribution in [1.29, 1.82) is 0 Å². The van der Waals surface area contributed by atoms with Gasteiger partial charge in [-0.2, -0.15) is 0 Å². The molecule has 3 N–H and O–H groups in total. The molecule has 3 nitrogen and oxygen atoms in total. The third kappa shape index (κ3) is 1.61. The molecule has 0 aromatic rings. The smallest absolute Gasteiger partial charge is 0.0742 e. The molecular weight excluding hydrogens is 152 g/mol. The van der Waals surface area contributed by atoms with Gasteiger partial charge in [-0.15, -0.1) is 6.42 Å². The predicted octanol–water partition coefficient (Wildman–Crippen LogP) is -0.284. The average Bonchev–Trinajstić information content (AvgIpc) is 2.45. The second-order valence-electron chi connectivity index (χ2n) is 3.18. The van der Waals surface area contributed by atoms with Crippen LogP contribution in [0.25, 0.3) is 0 Å². The van der Waals surface area contributed by atoms with Gasteiger partial charge in [0.25, 0.3) is 0 Å². The molecule has 2 atom stereocenters. The monoisotopic (exact) mass is 168 g/mol. The lowest BCUT2D eigenvalue weighted by molar-refractivity contribution is 0.0869. The molecule has 0 spiro atoms. The topological polar surface area (TPSA) is 47.3 Å². The van der Waals surface area contributed by atoms with Gasteiger partial charge in [-0.25, -0.2) is 0 Å². The molecule has 0 aromatic heterocycles. The summed E-state index contributed by atoms with van der Waals surface area (Å²) < 4.78 is 5.45. The molecule has 0 radical (unpaired) electrons. The summed E-state index contributed by atoms with van der Waals surface area (Å²) in [5.74, 6) is 2.55. The molecule has 0 amide bonds. The maximum Gasteiger partial charge on any atom is 0.0742 e. The summed E-state index contributed by atoms with van der Waals surface area (Å²) in [6.07, 6.45) is 6.29. The van der Waals surface area contributed by atoms with Gasteiger partial charge in [-0.1, -0.05) is 5.92 Å². The van der Waals surface area contributed by atoms with E-state index in [1.807, 2.05) is 6.92 Å². The van der Waals surface area contributed by atoms with Crippen LogP contribution < -0.4 is 11.1 Å². The Balaban J connectivity index is 2.56. The van der Waals surface area contributed by atoms with Crippen LogP contribution >= 0.6 is 0 Å². The first-order valence-electron chi connectivity index (χ1n) is 4.25. The first kappa shape index (κ1) is 9.53. The summed E-state index contributed by atoms with van der Waals surface area (Å²) in [4.78, 5) is 0. The zero-order valence-corrected chi connectivity index (χ0v) is 7.47. The summed E-state index contributed by atoms with van der Waals surface area (Å²) >= 11 is 0. The van der Waals surface area contributed by atoms with Gasteiger partial charge in [0.2, 0.25) is 0 Å². The molecule has 1 aliphatic rings. The Hall–Kier alpha value is -0.560. The molecule has 12 heavy (non-hydrogen) atoms. The van der Waals surface area contributed by atoms with Gasteiger partial charge >= 0.3 is 0 Å². The van der Waals surface area contributed by atoms with Crippen molar-refractivity contribution in [3.8, 4) is 12.3 Å². The van der Waals surface area contributed by atoms with Crippen LogP contribution in [0.5, 0.6) is 0 Å². The lowest BCUT2D eigenvalue weighted by Gasteiger charge is -2.31. The molecule has 1 aliphatic heterocycles. The third-order valence-electron chi connectivity index (χ3n) is 2.60. The summed E-state index contributed by atoms with van der Waals surface area (Å²) in [6, 6.07) is 0. The fourth-order valence-corrected chi connectivity index (χ4v) is 1.58. The SMILES string of the molecule is C#CCNC1(CN)CCOC1C. The molecule has 0 bridgehead atoms. The first-order chi connectivity index (χ1) is 5.75. The number of ether oxygens (including phenoxy) is 1. The molecule has 2 unspecified atom stereocenters. The molecule has 0 aromatic carbocycles. The summed E-state index contributed by atoms with van der Waals surface area (Å²) in [5.41, 5.74) is 5.60. The van der Waals surface area contributed by atoms with E-state index in [1.54, 1.807) is 0 Å². The zero-order valence-electron chi connectivity index (χ0n) is 7.47. The van der Waals surface area contributed by atoms with E-state index in [4.69, 9.17) is 16.9 Å². The van der Waals surface area contributed by atoms with Crippen molar-refractivity contribution in [1.82, 2.24) is 5.32 Å². The van der Waals surface area contributed by atoms with E-state index in [2.05, 4.69) is 11.2 Å². The van der Waals surface area contributed by atoms with Gasteiger partial charge in [-0.05, 0) is 13.3 Å². The summed E-state index contributed by atoms with van der Waals surface area (Å²) in [6.45, 7) is 3.94. The summed E-state index contributed by atoms with van der Waals surface area (Å²) in [7, 11) is 0. The van der Waals surface area contributed by atoms with E-state index in [0.29, 0.717) is 13.1 Å². The molecule has 3 heteroatoms. The standard InChI is InChI=1S/C9H16N2O/c1-3-5-11-9(7-10)4-6-12-8(9)2/h1,8,11H,4-7,10H2,2H3. The molecule has 1 rings (SSSR count). The number of rotatable bonds is 3. The maximum absolute atomic E-state index is 5.69. The molecule has 1 fully saturated rings. The highest BCUT2D eigenvalue weighted by atomic mass is 16.5. The highest BCUT2D eigenvalue weighted by Gasteiger charge is 2.39. The number of nitrogens with one attached hydrogen (secondary N) is 1. The van der Waals surface area contributed by atoms with E-state index in [-0.39, 0.29) is 11.6 Å². The minimum absolute atomic E-state index is 0.0909. The van der Waals surface area contributed by atoms with Crippen molar-refractivity contribution >= 4 is 0 Å². The van der Waals surface area contributed by atoms with Crippen LogP contribution in [0, 0.1) is 12.3 Å². The number of terminal acetylenes is 1. The van der Waals surface area contributed by atoms with Crippen molar-refractivity contribution in [3.05, 3.63) is 0 Å². The number of hydrogen-bond donors (Lipinski definition) is 2. The minimum atomic E-state index is -0.0909. The fraction of sp³-hybridized carbons (Fsp3) is 0.778. The van der Waals surface area contributed by atoms with Crippen molar-refractivity contribution in [2.24, 2.45) is 5.73 Å². The Morgan fingerprint density at radius 1 is 1.83 bits per heavy atom. The molecule has 68 valence electrons. The van der Waals surface area contributed by atoms with Crippen LogP contribution in [-0.4, -0.2) is 31.3 Å². The van der Waals surface area contributed by atoms with Crippen molar-refractivity contribution in [3.63, 3.8) is 0 Å².